The number of benzene rings is 2. The zero-order valence-electron chi connectivity index (χ0n) is 15.2. The summed E-state index contributed by atoms with van der Waals surface area (Å²) in [5.74, 6) is -0.0732. The van der Waals surface area contributed by atoms with Gasteiger partial charge in [0.25, 0.3) is 5.91 Å². The van der Waals surface area contributed by atoms with E-state index < -0.39 is 11.9 Å². The molecular formula is C21H21NO5. The molecule has 0 bridgehead atoms. The van der Waals surface area contributed by atoms with E-state index in [1.165, 1.54) is 19.3 Å². The molecule has 0 heterocycles. The van der Waals surface area contributed by atoms with Crippen molar-refractivity contribution < 1.29 is 23.8 Å². The van der Waals surface area contributed by atoms with Crippen LogP contribution in [0.2, 0.25) is 0 Å². The summed E-state index contributed by atoms with van der Waals surface area (Å²) in [6.45, 7) is 3.54. The van der Waals surface area contributed by atoms with Gasteiger partial charge >= 0.3 is 5.97 Å². The lowest BCUT2D eigenvalue weighted by Gasteiger charge is -2.12. The SMILES string of the molecule is C=CCOC(=O)/C(=C/c1ccc(OC)cc1)NC(=O)c1ccccc1OC. The Morgan fingerprint density at radius 2 is 1.74 bits per heavy atom. The first-order valence-corrected chi connectivity index (χ1v) is 8.17. The second-order valence-electron chi connectivity index (χ2n) is 5.37. The Bertz CT molecular complexity index is 840. The van der Waals surface area contributed by atoms with Crippen LogP contribution in [0.3, 0.4) is 0 Å². The molecule has 0 unspecified atom stereocenters. The minimum Gasteiger partial charge on any atom is -0.497 e. The number of hydrogen-bond donors (Lipinski definition) is 1. The Labute approximate surface area is 158 Å². The third-order valence-corrected chi connectivity index (χ3v) is 3.58. The van der Waals surface area contributed by atoms with Crippen LogP contribution in [0, 0.1) is 0 Å². The van der Waals surface area contributed by atoms with Gasteiger partial charge in [-0.25, -0.2) is 4.79 Å². The maximum atomic E-state index is 12.6. The molecule has 0 saturated carbocycles. The highest BCUT2D eigenvalue weighted by atomic mass is 16.5. The fourth-order valence-corrected chi connectivity index (χ4v) is 2.25. The van der Waals surface area contributed by atoms with E-state index in [9.17, 15) is 9.59 Å². The Kier molecular flexibility index (Phi) is 7.19. The van der Waals surface area contributed by atoms with Crippen molar-refractivity contribution >= 4 is 18.0 Å². The van der Waals surface area contributed by atoms with Crippen LogP contribution in [-0.4, -0.2) is 32.7 Å². The van der Waals surface area contributed by atoms with Crippen molar-refractivity contribution in [2.75, 3.05) is 20.8 Å². The molecule has 140 valence electrons. The summed E-state index contributed by atoms with van der Waals surface area (Å²) in [7, 11) is 3.04. The highest BCUT2D eigenvalue weighted by Gasteiger charge is 2.18. The van der Waals surface area contributed by atoms with Gasteiger partial charge in [-0.05, 0) is 35.9 Å². The minimum atomic E-state index is -0.672. The summed E-state index contributed by atoms with van der Waals surface area (Å²) in [6.07, 6.45) is 2.98. The van der Waals surface area contributed by atoms with Gasteiger partial charge in [-0.1, -0.05) is 36.9 Å². The van der Waals surface area contributed by atoms with Gasteiger partial charge in [-0.3, -0.25) is 4.79 Å². The van der Waals surface area contributed by atoms with E-state index in [1.54, 1.807) is 55.6 Å². The molecule has 1 amide bonds. The third kappa shape index (κ3) is 5.47. The van der Waals surface area contributed by atoms with Crippen LogP contribution in [0.5, 0.6) is 11.5 Å². The lowest BCUT2D eigenvalue weighted by Crippen LogP contribution is -2.29. The number of ether oxygens (including phenoxy) is 3. The topological polar surface area (TPSA) is 73.9 Å². The minimum absolute atomic E-state index is 0.00192. The van der Waals surface area contributed by atoms with E-state index in [-0.39, 0.29) is 12.3 Å². The molecule has 0 spiro atoms. The Morgan fingerprint density at radius 1 is 1.04 bits per heavy atom. The molecule has 0 saturated heterocycles. The molecule has 6 heteroatoms. The van der Waals surface area contributed by atoms with Gasteiger partial charge in [0, 0.05) is 0 Å². The van der Waals surface area contributed by atoms with Crippen molar-refractivity contribution in [3.05, 3.63) is 78.0 Å². The first-order chi connectivity index (χ1) is 13.1. The molecule has 0 atom stereocenters. The van der Waals surface area contributed by atoms with Crippen LogP contribution in [0.4, 0.5) is 0 Å². The van der Waals surface area contributed by atoms with Crippen molar-refractivity contribution in [1.29, 1.82) is 0 Å². The second kappa shape index (κ2) is 9.82. The largest absolute Gasteiger partial charge is 0.497 e. The van der Waals surface area contributed by atoms with E-state index in [2.05, 4.69) is 11.9 Å². The van der Waals surface area contributed by atoms with E-state index in [4.69, 9.17) is 14.2 Å². The van der Waals surface area contributed by atoms with E-state index in [1.807, 2.05) is 0 Å². The highest BCUT2D eigenvalue weighted by Crippen LogP contribution is 2.18. The van der Waals surface area contributed by atoms with E-state index >= 15 is 0 Å². The summed E-state index contributed by atoms with van der Waals surface area (Å²) in [6, 6.07) is 13.7. The molecule has 2 rings (SSSR count). The monoisotopic (exact) mass is 367 g/mol. The number of para-hydroxylation sites is 1. The number of esters is 1. The van der Waals surface area contributed by atoms with Crippen molar-refractivity contribution in [3.8, 4) is 11.5 Å². The first-order valence-electron chi connectivity index (χ1n) is 8.17. The summed E-state index contributed by atoms with van der Waals surface area (Å²) in [5.41, 5.74) is 0.997. The molecule has 2 aromatic carbocycles. The second-order valence-corrected chi connectivity index (χ2v) is 5.37. The predicted octanol–water partition coefficient (Wildman–Crippen LogP) is 3.20. The van der Waals surface area contributed by atoms with Gasteiger partial charge < -0.3 is 19.5 Å². The molecular weight excluding hydrogens is 346 g/mol. The molecule has 1 N–H and O–H groups in total. The Morgan fingerprint density at radius 3 is 2.37 bits per heavy atom. The van der Waals surface area contributed by atoms with Gasteiger partial charge in [0.05, 0.1) is 19.8 Å². The fraction of sp³-hybridized carbons (Fsp3) is 0.143. The Hall–Kier alpha value is -3.54. The van der Waals surface area contributed by atoms with Crippen LogP contribution in [0.25, 0.3) is 6.08 Å². The molecule has 27 heavy (non-hydrogen) atoms. The van der Waals surface area contributed by atoms with Crippen molar-refractivity contribution in [3.63, 3.8) is 0 Å². The number of amides is 1. The highest BCUT2D eigenvalue weighted by molar-refractivity contribution is 6.04. The molecule has 0 radical (unpaired) electrons. The van der Waals surface area contributed by atoms with Gasteiger partial charge in [0.1, 0.15) is 23.8 Å². The average molecular weight is 367 g/mol. The van der Waals surface area contributed by atoms with Crippen molar-refractivity contribution in [2.24, 2.45) is 0 Å². The summed E-state index contributed by atoms with van der Waals surface area (Å²) < 4.78 is 15.4. The van der Waals surface area contributed by atoms with Crippen LogP contribution >= 0.6 is 0 Å². The summed E-state index contributed by atoms with van der Waals surface area (Å²) in [4.78, 5) is 25.0. The summed E-state index contributed by atoms with van der Waals surface area (Å²) in [5, 5.41) is 2.60. The smallest absolute Gasteiger partial charge is 0.355 e. The lowest BCUT2D eigenvalue weighted by atomic mass is 10.1. The quantitative estimate of drug-likeness (QED) is 0.441. The van der Waals surface area contributed by atoms with E-state index in [0.717, 1.165) is 0 Å². The van der Waals surface area contributed by atoms with Gasteiger partial charge in [-0.2, -0.15) is 0 Å². The normalized spacial score (nSPS) is 10.7. The maximum absolute atomic E-state index is 12.6. The number of carbonyl (C=O) groups is 2. The molecule has 0 fully saturated rings. The van der Waals surface area contributed by atoms with Crippen molar-refractivity contribution in [1.82, 2.24) is 5.32 Å². The number of rotatable bonds is 8. The van der Waals surface area contributed by atoms with Crippen LogP contribution in [-0.2, 0) is 9.53 Å². The number of hydrogen-bond acceptors (Lipinski definition) is 5. The van der Waals surface area contributed by atoms with Crippen molar-refractivity contribution in [2.45, 2.75) is 0 Å². The van der Waals surface area contributed by atoms with Gasteiger partial charge in [0.2, 0.25) is 0 Å². The first kappa shape index (κ1) is 19.8. The van der Waals surface area contributed by atoms with Gasteiger partial charge in [-0.15, -0.1) is 0 Å². The molecule has 0 aliphatic carbocycles. The lowest BCUT2D eigenvalue weighted by molar-refractivity contribution is -0.138. The number of nitrogens with one attached hydrogen (secondary N) is 1. The zero-order chi connectivity index (χ0) is 19.6. The van der Waals surface area contributed by atoms with E-state index in [0.29, 0.717) is 22.6 Å². The predicted molar refractivity (Wildman–Crippen MR) is 103 cm³/mol. The summed E-state index contributed by atoms with van der Waals surface area (Å²) >= 11 is 0. The van der Waals surface area contributed by atoms with Crippen LogP contribution < -0.4 is 14.8 Å². The zero-order valence-corrected chi connectivity index (χ0v) is 15.2. The Balaban J connectivity index is 2.31. The third-order valence-electron chi connectivity index (χ3n) is 3.58. The van der Waals surface area contributed by atoms with Crippen LogP contribution in [0.15, 0.2) is 66.9 Å². The molecule has 0 aliphatic heterocycles. The standard InChI is InChI=1S/C21H21NO5/c1-4-13-27-21(24)18(14-15-9-11-16(25-2)12-10-15)22-20(23)17-7-5-6-8-19(17)26-3/h4-12,14H,1,13H2,2-3H3,(H,22,23)/b18-14-. The number of methoxy groups -OCH3 is 2. The molecule has 0 aliphatic rings. The van der Waals surface area contributed by atoms with Crippen LogP contribution in [0.1, 0.15) is 15.9 Å². The molecule has 0 aromatic heterocycles. The average Bonchev–Trinajstić information content (AvgIpc) is 2.71. The van der Waals surface area contributed by atoms with Gasteiger partial charge in [0.15, 0.2) is 0 Å². The molecule has 6 nitrogen and oxygen atoms in total. The number of carbonyl (C=O) groups excluding carboxylic acids is 2. The fourth-order valence-electron chi connectivity index (χ4n) is 2.25. The molecule has 2 aromatic rings. The maximum Gasteiger partial charge on any atom is 0.355 e.